The van der Waals surface area contributed by atoms with Crippen LogP contribution in [0.25, 0.3) is 22.2 Å². The molecule has 168 valence electrons. The van der Waals surface area contributed by atoms with Crippen LogP contribution in [0.5, 0.6) is 0 Å². The third-order valence-corrected chi connectivity index (χ3v) is 7.42. The van der Waals surface area contributed by atoms with Gasteiger partial charge in [-0.3, -0.25) is 0 Å². The predicted octanol–water partition coefficient (Wildman–Crippen LogP) is 5.43. The normalized spacial score (nSPS) is 19.1. The molecule has 0 spiro atoms. The van der Waals surface area contributed by atoms with E-state index < -0.39 is 5.97 Å². The molecule has 1 unspecified atom stereocenters. The number of anilines is 1. The van der Waals surface area contributed by atoms with Gasteiger partial charge in [-0.15, -0.1) is 0 Å². The lowest BCUT2D eigenvalue weighted by atomic mass is 9.81. The van der Waals surface area contributed by atoms with Gasteiger partial charge in [0.1, 0.15) is 0 Å². The predicted molar refractivity (Wildman–Crippen MR) is 131 cm³/mol. The zero-order valence-electron chi connectivity index (χ0n) is 19.3. The van der Waals surface area contributed by atoms with Crippen LogP contribution < -0.4 is 4.90 Å². The molecular weight excluding hydrogens is 398 g/mol. The summed E-state index contributed by atoms with van der Waals surface area (Å²) in [5, 5.41) is 10.9. The average Bonchev–Trinajstić information content (AvgIpc) is 3.05. The van der Waals surface area contributed by atoms with Crippen LogP contribution >= 0.6 is 0 Å². The summed E-state index contributed by atoms with van der Waals surface area (Å²) in [6, 6.07) is 14.8. The zero-order valence-corrected chi connectivity index (χ0v) is 19.3. The van der Waals surface area contributed by atoms with E-state index >= 15 is 0 Å². The lowest BCUT2D eigenvalue weighted by molar-refractivity contribution is 0.0697. The maximum absolute atomic E-state index is 11.8. The van der Waals surface area contributed by atoms with Crippen LogP contribution in [0.4, 0.5) is 5.69 Å². The Morgan fingerprint density at radius 3 is 2.56 bits per heavy atom. The summed E-state index contributed by atoms with van der Waals surface area (Å²) in [5.74, 6) is -0.334. The number of hydrogen-bond donors (Lipinski definition) is 1. The van der Waals surface area contributed by atoms with E-state index in [1.807, 2.05) is 6.07 Å². The number of benzene rings is 2. The lowest BCUT2D eigenvalue weighted by Crippen LogP contribution is -2.42. The Morgan fingerprint density at radius 1 is 1.09 bits per heavy atom. The molecule has 1 atom stereocenters. The second-order valence-corrected chi connectivity index (χ2v) is 9.79. The number of aromatic nitrogens is 1. The maximum Gasteiger partial charge on any atom is 0.335 e. The molecule has 32 heavy (non-hydrogen) atoms. The number of rotatable bonds is 4. The van der Waals surface area contributed by atoms with E-state index in [9.17, 15) is 9.90 Å². The van der Waals surface area contributed by atoms with Gasteiger partial charge in [-0.1, -0.05) is 43.5 Å². The molecule has 2 aromatic carbocycles. The number of aromatic carboxylic acids is 1. The van der Waals surface area contributed by atoms with Gasteiger partial charge < -0.3 is 19.5 Å². The minimum Gasteiger partial charge on any atom is -0.478 e. The number of carbonyl (C=O) groups is 1. The van der Waals surface area contributed by atoms with Gasteiger partial charge in [0.2, 0.25) is 0 Å². The molecule has 1 aliphatic carbocycles. The topological polar surface area (TPSA) is 48.7 Å². The van der Waals surface area contributed by atoms with Crippen LogP contribution in [0.3, 0.4) is 0 Å². The Labute approximate surface area is 190 Å². The molecule has 2 aliphatic rings. The quantitative estimate of drug-likeness (QED) is 0.598. The van der Waals surface area contributed by atoms with Crippen LogP contribution in [0.2, 0.25) is 0 Å². The van der Waals surface area contributed by atoms with Gasteiger partial charge in [0.05, 0.1) is 17.3 Å². The number of carboxylic acid groups (broad SMARTS) is 1. The first-order valence-electron chi connectivity index (χ1n) is 11.8. The Kier molecular flexibility index (Phi) is 5.46. The van der Waals surface area contributed by atoms with Crippen molar-refractivity contribution < 1.29 is 9.90 Å². The number of fused-ring (bicyclic) bond motifs is 5. The molecule has 5 nitrogen and oxygen atoms in total. The SMILES string of the molecule is CN(C)CC1Cn2c(c(C3CCCCC3)c3ccc(C(=O)O)cc32)-c2ccccc2N1C. The number of carboxylic acids is 1. The molecular formula is C27H33N3O2. The van der Waals surface area contributed by atoms with Crippen molar-refractivity contribution >= 4 is 22.6 Å². The van der Waals surface area contributed by atoms with Crippen LogP contribution in [0, 0.1) is 0 Å². The van der Waals surface area contributed by atoms with E-state index in [0.717, 1.165) is 18.6 Å². The van der Waals surface area contributed by atoms with E-state index in [-0.39, 0.29) is 6.04 Å². The summed E-state index contributed by atoms with van der Waals surface area (Å²) in [6.07, 6.45) is 6.29. The highest BCUT2D eigenvalue weighted by Crippen LogP contribution is 2.47. The number of hydrogen-bond acceptors (Lipinski definition) is 3. The first kappa shape index (κ1) is 21.1. The highest BCUT2D eigenvalue weighted by Gasteiger charge is 2.32. The van der Waals surface area contributed by atoms with Crippen molar-refractivity contribution in [3.8, 4) is 11.3 Å². The zero-order chi connectivity index (χ0) is 22.4. The fourth-order valence-electron chi connectivity index (χ4n) is 5.91. The Hall–Kier alpha value is -2.79. The van der Waals surface area contributed by atoms with Crippen molar-refractivity contribution in [1.82, 2.24) is 9.47 Å². The second kappa shape index (κ2) is 8.28. The second-order valence-electron chi connectivity index (χ2n) is 9.79. The van der Waals surface area contributed by atoms with E-state index in [1.165, 1.54) is 60.0 Å². The highest BCUT2D eigenvalue weighted by atomic mass is 16.4. The fraction of sp³-hybridized carbons (Fsp3) is 0.444. The van der Waals surface area contributed by atoms with Gasteiger partial charge >= 0.3 is 5.97 Å². The van der Waals surface area contributed by atoms with Gasteiger partial charge in [-0.2, -0.15) is 0 Å². The van der Waals surface area contributed by atoms with Gasteiger partial charge in [-0.05, 0) is 56.6 Å². The number of likely N-dealkylation sites (N-methyl/N-ethyl adjacent to an activating group) is 2. The molecule has 0 saturated heterocycles. The number of para-hydroxylation sites is 1. The lowest BCUT2D eigenvalue weighted by Gasteiger charge is -2.31. The summed E-state index contributed by atoms with van der Waals surface area (Å²) in [5.41, 5.74) is 6.69. The monoisotopic (exact) mass is 431 g/mol. The molecule has 0 bridgehead atoms. The van der Waals surface area contributed by atoms with Gasteiger partial charge in [0.15, 0.2) is 0 Å². The van der Waals surface area contributed by atoms with Crippen LogP contribution in [-0.4, -0.2) is 54.3 Å². The first-order valence-corrected chi connectivity index (χ1v) is 11.8. The van der Waals surface area contributed by atoms with E-state index in [4.69, 9.17) is 0 Å². The minimum absolute atomic E-state index is 0.288. The molecule has 0 amide bonds. The maximum atomic E-state index is 11.8. The molecule has 1 N–H and O–H groups in total. The molecule has 1 fully saturated rings. The smallest absolute Gasteiger partial charge is 0.335 e. The first-order chi connectivity index (χ1) is 15.5. The molecule has 5 rings (SSSR count). The molecule has 3 aromatic rings. The van der Waals surface area contributed by atoms with Crippen LogP contribution in [-0.2, 0) is 6.54 Å². The third kappa shape index (κ3) is 3.49. The van der Waals surface area contributed by atoms with Gasteiger partial charge in [-0.25, -0.2) is 4.79 Å². The molecule has 0 radical (unpaired) electrons. The summed E-state index contributed by atoms with van der Waals surface area (Å²) < 4.78 is 2.43. The molecule has 1 aromatic heterocycles. The summed E-state index contributed by atoms with van der Waals surface area (Å²) in [4.78, 5) is 16.5. The Morgan fingerprint density at radius 2 is 1.84 bits per heavy atom. The van der Waals surface area contributed by atoms with E-state index in [0.29, 0.717) is 11.5 Å². The third-order valence-electron chi connectivity index (χ3n) is 7.42. The Bertz CT molecular complexity index is 1160. The highest BCUT2D eigenvalue weighted by molar-refractivity contribution is 5.99. The van der Waals surface area contributed by atoms with E-state index in [1.54, 1.807) is 6.07 Å². The van der Waals surface area contributed by atoms with Crippen molar-refractivity contribution in [2.45, 2.75) is 50.6 Å². The van der Waals surface area contributed by atoms with Crippen LogP contribution in [0.1, 0.15) is 53.9 Å². The van der Waals surface area contributed by atoms with Gasteiger partial charge in [0, 0.05) is 42.3 Å². The van der Waals surface area contributed by atoms with Crippen molar-refractivity contribution in [1.29, 1.82) is 0 Å². The summed E-state index contributed by atoms with van der Waals surface area (Å²) in [7, 11) is 6.44. The van der Waals surface area contributed by atoms with Gasteiger partial charge in [0.25, 0.3) is 0 Å². The standard InChI is InChI=1S/C27H33N3O2/c1-28(2)16-20-17-30-24-15-19(27(31)32)13-14-21(24)25(18-9-5-4-6-10-18)26(30)22-11-7-8-12-23(22)29(20)3/h7-8,11-15,18,20H,4-6,9-10,16-17H2,1-3H3,(H,31,32). The molecule has 1 aliphatic heterocycles. The number of nitrogens with zero attached hydrogens (tertiary/aromatic N) is 3. The van der Waals surface area contributed by atoms with E-state index in [2.05, 4.69) is 65.8 Å². The summed E-state index contributed by atoms with van der Waals surface area (Å²) in [6.45, 7) is 1.77. The fourth-order valence-corrected chi connectivity index (χ4v) is 5.91. The average molecular weight is 432 g/mol. The minimum atomic E-state index is -0.863. The molecule has 5 heteroatoms. The molecule has 2 heterocycles. The van der Waals surface area contributed by atoms with Crippen molar-refractivity contribution in [2.75, 3.05) is 32.6 Å². The van der Waals surface area contributed by atoms with Crippen LogP contribution in [0.15, 0.2) is 42.5 Å². The largest absolute Gasteiger partial charge is 0.478 e. The molecule has 1 saturated carbocycles. The summed E-state index contributed by atoms with van der Waals surface area (Å²) >= 11 is 0. The Balaban J connectivity index is 1.83. The van der Waals surface area contributed by atoms with Crippen molar-refractivity contribution in [3.05, 3.63) is 53.6 Å². The van der Waals surface area contributed by atoms with Crippen molar-refractivity contribution in [2.24, 2.45) is 0 Å². The van der Waals surface area contributed by atoms with Crippen molar-refractivity contribution in [3.63, 3.8) is 0 Å².